The van der Waals surface area contributed by atoms with Crippen LogP contribution in [0.5, 0.6) is 0 Å². The van der Waals surface area contributed by atoms with Gasteiger partial charge in [0.15, 0.2) is 5.78 Å². The Morgan fingerprint density at radius 3 is 1.61 bits per heavy atom. The quantitative estimate of drug-likeness (QED) is 0.0642. The highest BCUT2D eigenvalue weighted by atomic mass is 16.5. The molecule has 0 aliphatic carbocycles. The first-order valence-corrected chi connectivity index (χ1v) is 19.5. The number of primary amides is 1. The lowest BCUT2D eigenvalue weighted by atomic mass is 10.0. The van der Waals surface area contributed by atoms with Crippen LogP contribution in [-0.2, 0) is 38.1 Å². The molecule has 3 amide bonds. The van der Waals surface area contributed by atoms with Crippen molar-refractivity contribution in [3.05, 3.63) is 0 Å². The van der Waals surface area contributed by atoms with E-state index >= 15 is 0 Å². The maximum absolute atomic E-state index is 12.0. The van der Waals surface area contributed by atoms with Crippen LogP contribution in [0, 0.1) is 5.92 Å². The molecule has 0 radical (unpaired) electrons. The number of hydrogen-bond donors (Lipinski definition) is 3. The third-order valence-electron chi connectivity index (χ3n) is 8.43. The number of hydrogen-bond acceptors (Lipinski definition) is 8. The number of ketones is 1. The molecule has 0 saturated heterocycles. The zero-order valence-corrected chi connectivity index (χ0v) is 31.3. The first kappa shape index (κ1) is 46.9. The monoisotopic (exact) mass is 700 g/mol. The lowest BCUT2D eigenvalue weighted by Crippen LogP contribution is -2.29. The van der Waals surface area contributed by atoms with Gasteiger partial charge < -0.3 is 35.3 Å². The molecule has 0 aliphatic rings. The average Bonchev–Trinajstić information content (AvgIpc) is 3.08. The Morgan fingerprint density at radius 1 is 0.510 bits per heavy atom. The summed E-state index contributed by atoms with van der Waals surface area (Å²) in [4.78, 5) is 46.7. The number of Topliss-reactive ketones (excluding diaryl/α,β-unsaturated/α-hetero) is 1. The normalized spacial score (nSPS) is 11.8. The molecule has 0 fully saturated rings. The molecule has 0 aromatic carbocycles. The van der Waals surface area contributed by atoms with Crippen molar-refractivity contribution in [2.24, 2.45) is 11.7 Å². The summed E-state index contributed by atoms with van der Waals surface area (Å²) < 4.78 is 21.6. The van der Waals surface area contributed by atoms with Gasteiger partial charge in [-0.2, -0.15) is 0 Å². The summed E-state index contributed by atoms with van der Waals surface area (Å²) in [6, 6.07) is 0. The third kappa shape index (κ3) is 37.0. The zero-order chi connectivity index (χ0) is 36.0. The Labute approximate surface area is 298 Å². The average molecular weight is 700 g/mol. The number of amides is 3. The van der Waals surface area contributed by atoms with Gasteiger partial charge in [-0.25, -0.2) is 0 Å². The Bertz CT molecular complexity index is 799. The molecule has 11 heteroatoms. The van der Waals surface area contributed by atoms with Gasteiger partial charge in [0.1, 0.15) is 13.2 Å². The van der Waals surface area contributed by atoms with Gasteiger partial charge in [0.25, 0.3) is 0 Å². The second kappa shape index (κ2) is 37.2. The van der Waals surface area contributed by atoms with E-state index in [0.29, 0.717) is 72.0 Å². The standard InChI is InChI=1S/C38H73N3O8/c1-3-4-5-6-7-8-9-10-11-12-13-14-15-16-17-23-36(43)41-25-27-47-29-30-48-32-35(42)22-20-26-46-28-31-49-33-37(44)40-24-19-18-21-34(2)38(39)45/h34H,3-33H2,1-2H3,(H2,39,45)(H,40,44)(H,41,43)/t34-/m0/s1. The number of ether oxygens (including phenoxy) is 4. The summed E-state index contributed by atoms with van der Waals surface area (Å²) >= 11 is 0. The molecule has 0 aromatic heterocycles. The molecule has 0 rings (SSSR count). The first-order chi connectivity index (χ1) is 23.9. The fourth-order valence-corrected chi connectivity index (χ4v) is 5.24. The van der Waals surface area contributed by atoms with E-state index in [2.05, 4.69) is 17.6 Å². The van der Waals surface area contributed by atoms with Crippen molar-refractivity contribution in [3.63, 3.8) is 0 Å². The molecule has 0 aromatic rings. The zero-order valence-electron chi connectivity index (χ0n) is 31.3. The lowest BCUT2D eigenvalue weighted by Gasteiger charge is -2.09. The van der Waals surface area contributed by atoms with Gasteiger partial charge in [0, 0.05) is 38.5 Å². The van der Waals surface area contributed by atoms with Crippen LogP contribution in [-0.4, -0.2) is 89.4 Å². The van der Waals surface area contributed by atoms with E-state index in [4.69, 9.17) is 24.7 Å². The van der Waals surface area contributed by atoms with Crippen LogP contribution in [0.15, 0.2) is 0 Å². The minimum atomic E-state index is -0.299. The van der Waals surface area contributed by atoms with Gasteiger partial charge in [-0.3, -0.25) is 19.2 Å². The highest BCUT2D eigenvalue weighted by Gasteiger charge is 2.08. The summed E-state index contributed by atoms with van der Waals surface area (Å²) in [7, 11) is 0. The summed E-state index contributed by atoms with van der Waals surface area (Å²) in [6.45, 7) is 7.30. The molecule has 4 N–H and O–H groups in total. The summed E-state index contributed by atoms with van der Waals surface area (Å²) in [5.74, 6) is -0.547. The largest absolute Gasteiger partial charge is 0.379 e. The van der Waals surface area contributed by atoms with Crippen molar-refractivity contribution in [2.75, 3.05) is 65.9 Å². The van der Waals surface area contributed by atoms with E-state index in [9.17, 15) is 19.2 Å². The van der Waals surface area contributed by atoms with E-state index in [1.54, 1.807) is 6.92 Å². The van der Waals surface area contributed by atoms with Crippen molar-refractivity contribution in [1.82, 2.24) is 10.6 Å². The predicted octanol–water partition coefficient (Wildman–Crippen LogP) is 6.19. The van der Waals surface area contributed by atoms with E-state index in [0.717, 1.165) is 32.1 Å². The second-order valence-corrected chi connectivity index (χ2v) is 13.2. The molecule has 11 nitrogen and oxygen atoms in total. The van der Waals surface area contributed by atoms with Crippen LogP contribution < -0.4 is 16.4 Å². The van der Waals surface area contributed by atoms with Crippen LogP contribution in [0.25, 0.3) is 0 Å². The van der Waals surface area contributed by atoms with Gasteiger partial charge >= 0.3 is 0 Å². The van der Waals surface area contributed by atoms with Gasteiger partial charge in [0.2, 0.25) is 17.7 Å². The van der Waals surface area contributed by atoms with Crippen molar-refractivity contribution in [3.8, 4) is 0 Å². The highest BCUT2D eigenvalue weighted by molar-refractivity contribution is 5.79. The summed E-state index contributed by atoms with van der Waals surface area (Å²) in [6.07, 6.45) is 23.6. The van der Waals surface area contributed by atoms with Gasteiger partial charge in [-0.05, 0) is 25.7 Å². The Morgan fingerprint density at radius 2 is 1.02 bits per heavy atom. The van der Waals surface area contributed by atoms with Crippen LogP contribution in [0.4, 0.5) is 0 Å². The van der Waals surface area contributed by atoms with Gasteiger partial charge in [-0.15, -0.1) is 0 Å². The SMILES string of the molecule is CCCCCCCCCCCCCCCCCC(=O)NCCOCCOCC(=O)CCCOCCOCC(=O)NCCCC[C@H](C)C(N)=O. The Balaban J connectivity index is 3.33. The van der Waals surface area contributed by atoms with Gasteiger partial charge in [-0.1, -0.05) is 110 Å². The molecular formula is C38H73N3O8. The number of carbonyl (C=O) groups excluding carboxylic acids is 4. The molecule has 0 heterocycles. The van der Waals surface area contributed by atoms with Crippen molar-refractivity contribution in [1.29, 1.82) is 0 Å². The third-order valence-corrected chi connectivity index (χ3v) is 8.43. The molecular weight excluding hydrogens is 626 g/mol. The fourth-order valence-electron chi connectivity index (χ4n) is 5.24. The van der Waals surface area contributed by atoms with E-state index in [1.165, 1.54) is 83.5 Å². The first-order valence-electron chi connectivity index (χ1n) is 19.5. The van der Waals surface area contributed by atoms with E-state index in [-0.39, 0.29) is 42.6 Å². The van der Waals surface area contributed by atoms with E-state index in [1.807, 2.05) is 0 Å². The van der Waals surface area contributed by atoms with E-state index < -0.39 is 0 Å². The van der Waals surface area contributed by atoms with Crippen LogP contribution in [0.3, 0.4) is 0 Å². The number of nitrogens with one attached hydrogen (secondary N) is 2. The van der Waals surface area contributed by atoms with Crippen molar-refractivity contribution < 1.29 is 38.1 Å². The Kier molecular flexibility index (Phi) is 35.6. The topological polar surface area (TPSA) is 155 Å². The molecule has 0 bridgehead atoms. The Hall–Kier alpha value is -2.08. The molecule has 49 heavy (non-hydrogen) atoms. The van der Waals surface area contributed by atoms with Gasteiger partial charge in [0.05, 0.1) is 33.0 Å². The van der Waals surface area contributed by atoms with Crippen LogP contribution >= 0.6 is 0 Å². The number of rotatable bonds is 39. The minimum absolute atomic E-state index is 0.00618. The van der Waals surface area contributed by atoms with Crippen molar-refractivity contribution in [2.45, 2.75) is 149 Å². The van der Waals surface area contributed by atoms with Crippen molar-refractivity contribution >= 4 is 23.5 Å². The summed E-state index contributed by atoms with van der Waals surface area (Å²) in [5.41, 5.74) is 5.23. The summed E-state index contributed by atoms with van der Waals surface area (Å²) in [5, 5.41) is 5.67. The number of unbranched alkanes of at least 4 members (excludes halogenated alkanes) is 15. The number of nitrogens with two attached hydrogens (primary N) is 1. The van der Waals surface area contributed by atoms with Crippen LogP contribution in [0.1, 0.15) is 149 Å². The van der Waals surface area contributed by atoms with Crippen LogP contribution in [0.2, 0.25) is 0 Å². The fraction of sp³-hybridized carbons (Fsp3) is 0.895. The molecule has 0 unspecified atom stereocenters. The molecule has 288 valence electrons. The number of carbonyl (C=O) groups is 4. The molecule has 0 aliphatic heterocycles. The smallest absolute Gasteiger partial charge is 0.245 e. The molecule has 0 spiro atoms. The molecule has 1 atom stereocenters. The predicted molar refractivity (Wildman–Crippen MR) is 195 cm³/mol. The lowest BCUT2D eigenvalue weighted by molar-refractivity contribution is -0.127. The second-order valence-electron chi connectivity index (χ2n) is 13.2. The minimum Gasteiger partial charge on any atom is -0.379 e. The molecule has 0 saturated carbocycles. The maximum atomic E-state index is 12.0. The highest BCUT2D eigenvalue weighted by Crippen LogP contribution is 2.13. The maximum Gasteiger partial charge on any atom is 0.245 e.